The van der Waals surface area contributed by atoms with Gasteiger partial charge in [-0.05, 0) is 44.5 Å². The van der Waals surface area contributed by atoms with Crippen LogP contribution in [0.4, 0.5) is 5.69 Å². The van der Waals surface area contributed by atoms with Crippen molar-refractivity contribution in [1.82, 2.24) is 5.32 Å². The van der Waals surface area contributed by atoms with Crippen LogP contribution in [0.25, 0.3) is 0 Å². The lowest BCUT2D eigenvalue weighted by molar-refractivity contribution is 0.647. The van der Waals surface area contributed by atoms with Crippen molar-refractivity contribution < 1.29 is 0 Å². The summed E-state index contributed by atoms with van der Waals surface area (Å²) in [5.41, 5.74) is 2.68. The van der Waals surface area contributed by atoms with Crippen LogP contribution in [0.1, 0.15) is 32.8 Å². The van der Waals surface area contributed by atoms with Crippen molar-refractivity contribution in [3.05, 3.63) is 28.2 Å². The predicted octanol–water partition coefficient (Wildman–Crippen LogP) is 4.28. The number of benzene rings is 1. The molecule has 1 aliphatic heterocycles. The van der Waals surface area contributed by atoms with Gasteiger partial charge in [0.05, 0.1) is 0 Å². The summed E-state index contributed by atoms with van der Waals surface area (Å²) in [6.07, 6.45) is 1.18. The van der Waals surface area contributed by atoms with Gasteiger partial charge >= 0.3 is 0 Å². The zero-order valence-corrected chi connectivity index (χ0v) is 15.1. The van der Waals surface area contributed by atoms with Crippen LogP contribution in [0.2, 0.25) is 0 Å². The van der Waals surface area contributed by atoms with Gasteiger partial charge in [0, 0.05) is 40.3 Å². The van der Waals surface area contributed by atoms with E-state index in [0.717, 1.165) is 26.2 Å². The molecule has 0 radical (unpaired) electrons. The normalized spacial score (nSPS) is 18.3. The molecule has 1 aromatic carbocycles. The summed E-state index contributed by atoms with van der Waals surface area (Å²) in [6, 6.07) is 6.78. The Labute approximate surface area is 135 Å². The number of hydrogen-bond donors (Lipinski definition) is 1. The molecular weight excluding hydrogens is 332 g/mol. The van der Waals surface area contributed by atoms with Crippen LogP contribution < -0.4 is 10.2 Å². The van der Waals surface area contributed by atoms with E-state index in [4.69, 9.17) is 0 Å². The van der Waals surface area contributed by atoms with E-state index in [0.29, 0.717) is 4.75 Å². The van der Waals surface area contributed by atoms with Crippen molar-refractivity contribution in [2.24, 2.45) is 0 Å². The first kappa shape index (κ1) is 16.2. The lowest BCUT2D eigenvalue weighted by Crippen LogP contribution is -2.43. The van der Waals surface area contributed by atoms with E-state index < -0.39 is 0 Å². The zero-order chi connectivity index (χ0) is 14.6. The van der Waals surface area contributed by atoms with Gasteiger partial charge < -0.3 is 10.2 Å². The fraction of sp³-hybridized carbons (Fsp3) is 0.625. The fourth-order valence-corrected chi connectivity index (χ4v) is 4.13. The molecule has 1 aromatic rings. The Morgan fingerprint density at radius 2 is 2.20 bits per heavy atom. The molecule has 0 aliphatic carbocycles. The number of hydrogen-bond acceptors (Lipinski definition) is 3. The third-order valence-corrected chi connectivity index (χ3v) is 5.61. The SMILES string of the molecule is CCCNCc1ccc(N2CCSC(C)(C)C2)cc1Br. The Morgan fingerprint density at radius 3 is 2.85 bits per heavy atom. The number of nitrogens with zero attached hydrogens (tertiary/aromatic N) is 1. The summed E-state index contributed by atoms with van der Waals surface area (Å²) in [6.45, 7) is 11.2. The predicted molar refractivity (Wildman–Crippen MR) is 94.9 cm³/mol. The quantitative estimate of drug-likeness (QED) is 0.792. The third kappa shape index (κ3) is 4.40. The van der Waals surface area contributed by atoms with Gasteiger partial charge in [0.2, 0.25) is 0 Å². The van der Waals surface area contributed by atoms with Gasteiger partial charge in [0.1, 0.15) is 0 Å². The molecule has 20 heavy (non-hydrogen) atoms. The van der Waals surface area contributed by atoms with Crippen LogP contribution in [-0.4, -0.2) is 30.1 Å². The van der Waals surface area contributed by atoms with E-state index in [2.05, 4.69) is 76.9 Å². The molecule has 2 rings (SSSR count). The summed E-state index contributed by atoms with van der Waals surface area (Å²) < 4.78 is 1.57. The Hall–Kier alpha value is -0.190. The minimum Gasteiger partial charge on any atom is -0.369 e. The molecule has 0 aromatic heterocycles. The maximum Gasteiger partial charge on any atom is 0.0378 e. The zero-order valence-electron chi connectivity index (χ0n) is 12.7. The standard InChI is InChI=1S/C16H25BrN2S/c1-4-7-18-11-13-5-6-14(10-15(13)17)19-8-9-20-16(2,3)12-19/h5-6,10,18H,4,7-9,11-12H2,1-3H3. The molecule has 112 valence electrons. The Morgan fingerprint density at radius 1 is 1.40 bits per heavy atom. The van der Waals surface area contributed by atoms with E-state index in [-0.39, 0.29) is 0 Å². The summed E-state index contributed by atoms with van der Waals surface area (Å²) in [7, 11) is 0. The molecule has 0 amide bonds. The van der Waals surface area contributed by atoms with E-state index in [1.54, 1.807) is 0 Å². The van der Waals surface area contributed by atoms with Crippen molar-refractivity contribution in [2.45, 2.75) is 38.5 Å². The summed E-state index contributed by atoms with van der Waals surface area (Å²) in [4.78, 5) is 2.50. The molecule has 0 atom stereocenters. The molecule has 1 aliphatic rings. The van der Waals surface area contributed by atoms with Crippen LogP contribution >= 0.6 is 27.7 Å². The second-order valence-corrected chi connectivity index (χ2v) is 8.64. The number of rotatable bonds is 5. The molecule has 1 saturated heterocycles. The lowest BCUT2D eigenvalue weighted by atomic mass is 10.1. The topological polar surface area (TPSA) is 15.3 Å². The minimum absolute atomic E-state index is 0.353. The Bertz CT molecular complexity index is 448. The molecule has 0 bridgehead atoms. The van der Waals surface area contributed by atoms with E-state index >= 15 is 0 Å². The van der Waals surface area contributed by atoms with Crippen molar-refractivity contribution >= 4 is 33.4 Å². The van der Waals surface area contributed by atoms with Gasteiger partial charge in [-0.15, -0.1) is 0 Å². The van der Waals surface area contributed by atoms with Crippen LogP contribution in [0.5, 0.6) is 0 Å². The van der Waals surface area contributed by atoms with Crippen molar-refractivity contribution in [2.75, 3.05) is 30.3 Å². The third-order valence-electron chi connectivity index (χ3n) is 3.57. The first-order chi connectivity index (χ1) is 9.52. The van der Waals surface area contributed by atoms with Gasteiger partial charge in [-0.1, -0.05) is 28.9 Å². The van der Waals surface area contributed by atoms with Crippen LogP contribution in [0, 0.1) is 0 Å². The molecule has 1 N–H and O–H groups in total. The maximum atomic E-state index is 3.72. The van der Waals surface area contributed by atoms with E-state index in [1.807, 2.05) is 0 Å². The summed E-state index contributed by atoms with van der Waals surface area (Å²) in [5, 5.41) is 3.46. The minimum atomic E-state index is 0.353. The second kappa shape index (κ2) is 7.19. The number of thioether (sulfide) groups is 1. The molecule has 4 heteroatoms. The molecule has 1 heterocycles. The Kier molecular flexibility index (Phi) is 5.82. The van der Waals surface area contributed by atoms with Crippen molar-refractivity contribution in [1.29, 1.82) is 0 Å². The summed E-state index contributed by atoms with van der Waals surface area (Å²) in [5.74, 6) is 1.21. The van der Waals surface area contributed by atoms with E-state index in [1.165, 1.54) is 27.9 Å². The molecule has 2 nitrogen and oxygen atoms in total. The Balaban J connectivity index is 2.04. The maximum absolute atomic E-state index is 3.72. The first-order valence-electron chi connectivity index (χ1n) is 7.40. The van der Waals surface area contributed by atoms with Gasteiger partial charge in [-0.2, -0.15) is 11.8 Å². The molecule has 0 saturated carbocycles. The van der Waals surface area contributed by atoms with Crippen molar-refractivity contribution in [3.63, 3.8) is 0 Å². The van der Waals surface area contributed by atoms with Gasteiger partial charge in [-0.3, -0.25) is 0 Å². The highest BCUT2D eigenvalue weighted by Crippen LogP contribution is 2.33. The number of anilines is 1. The average Bonchev–Trinajstić information content (AvgIpc) is 2.39. The number of nitrogens with one attached hydrogen (secondary N) is 1. The fourth-order valence-electron chi connectivity index (χ4n) is 2.51. The van der Waals surface area contributed by atoms with Gasteiger partial charge in [0.15, 0.2) is 0 Å². The van der Waals surface area contributed by atoms with Gasteiger partial charge in [-0.25, -0.2) is 0 Å². The van der Waals surface area contributed by atoms with Gasteiger partial charge in [0.25, 0.3) is 0 Å². The van der Waals surface area contributed by atoms with Crippen molar-refractivity contribution in [3.8, 4) is 0 Å². The monoisotopic (exact) mass is 356 g/mol. The molecule has 0 spiro atoms. The van der Waals surface area contributed by atoms with Crippen LogP contribution in [-0.2, 0) is 6.54 Å². The largest absolute Gasteiger partial charge is 0.369 e. The number of halogens is 1. The van der Waals surface area contributed by atoms with E-state index in [9.17, 15) is 0 Å². The molecule has 0 unspecified atom stereocenters. The van der Waals surface area contributed by atoms with Crippen LogP contribution in [0.15, 0.2) is 22.7 Å². The smallest absolute Gasteiger partial charge is 0.0378 e. The lowest BCUT2D eigenvalue weighted by Gasteiger charge is -2.39. The highest BCUT2D eigenvalue weighted by Gasteiger charge is 2.27. The first-order valence-corrected chi connectivity index (χ1v) is 9.18. The summed E-state index contributed by atoms with van der Waals surface area (Å²) >= 11 is 5.80. The molecular formula is C16H25BrN2S. The average molecular weight is 357 g/mol. The second-order valence-electron chi connectivity index (χ2n) is 5.98. The highest BCUT2D eigenvalue weighted by molar-refractivity contribution is 9.10. The van der Waals surface area contributed by atoms with Crippen LogP contribution in [0.3, 0.4) is 0 Å². The highest BCUT2D eigenvalue weighted by atomic mass is 79.9. The molecule has 1 fully saturated rings.